The van der Waals surface area contributed by atoms with E-state index in [1.165, 1.54) is 18.2 Å². The summed E-state index contributed by atoms with van der Waals surface area (Å²) in [6.07, 6.45) is 3.04. The molecule has 1 aliphatic carbocycles. The molecular weight excluding hydrogens is 245 g/mol. The van der Waals surface area contributed by atoms with Gasteiger partial charge in [-0.2, -0.15) is 0 Å². The lowest BCUT2D eigenvalue weighted by atomic mass is 9.80. The van der Waals surface area contributed by atoms with E-state index in [1.807, 2.05) is 0 Å². The maximum atomic E-state index is 13.6. The quantitative estimate of drug-likeness (QED) is 0.863. The molecule has 104 valence electrons. The molecular formula is C15H20FNO2. The SMILES string of the molecule is CC1CCC(NC(=O)c2c(O)cccc2F)C(C)C1. The molecule has 1 amide bonds. The molecule has 0 spiro atoms. The van der Waals surface area contributed by atoms with Gasteiger partial charge in [0.1, 0.15) is 17.1 Å². The van der Waals surface area contributed by atoms with Crippen LogP contribution >= 0.6 is 0 Å². The fourth-order valence-corrected chi connectivity index (χ4v) is 2.86. The smallest absolute Gasteiger partial charge is 0.258 e. The van der Waals surface area contributed by atoms with E-state index >= 15 is 0 Å². The molecule has 3 unspecified atom stereocenters. The number of amides is 1. The Balaban J connectivity index is 2.09. The Morgan fingerprint density at radius 2 is 2.11 bits per heavy atom. The first-order chi connectivity index (χ1) is 8.99. The summed E-state index contributed by atoms with van der Waals surface area (Å²) in [6, 6.07) is 3.94. The molecule has 3 atom stereocenters. The monoisotopic (exact) mass is 265 g/mol. The molecule has 4 heteroatoms. The van der Waals surface area contributed by atoms with E-state index in [0.29, 0.717) is 11.8 Å². The molecule has 3 nitrogen and oxygen atoms in total. The van der Waals surface area contributed by atoms with Crippen LogP contribution in [0, 0.1) is 17.7 Å². The lowest BCUT2D eigenvalue weighted by molar-refractivity contribution is 0.0892. The largest absolute Gasteiger partial charge is 0.507 e. The second-order valence-corrected chi connectivity index (χ2v) is 5.61. The number of aromatic hydroxyl groups is 1. The van der Waals surface area contributed by atoms with Crippen LogP contribution in [0.5, 0.6) is 5.75 Å². The number of phenols is 1. The maximum Gasteiger partial charge on any atom is 0.258 e. The number of carbonyl (C=O) groups excluding carboxylic acids is 1. The summed E-state index contributed by atoms with van der Waals surface area (Å²) in [5.74, 6) is -0.475. The molecule has 0 aromatic heterocycles. The van der Waals surface area contributed by atoms with Crippen molar-refractivity contribution >= 4 is 5.91 Å². The molecule has 1 aromatic rings. The van der Waals surface area contributed by atoms with Gasteiger partial charge >= 0.3 is 0 Å². The zero-order valence-electron chi connectivity index (χ0n) is 11.3. The normalized spacial score (nSPS) is 27.0. The van der Waals surface area contributed by atoms with Gasteiger partial charge in [-0.25, -0.2) is 4.39 Å². The predicted octanol–water partition coefficient (Wildman–Crippen LogP) is 3.09. The van der Waals surface area contributed by atoms with E-state index < -0.39 is 11.7 Å². The molecule has 19 heavy (non-hydrogen) atoms. The Labute approximate surface area is 112 Å². The number of benzene rings is 1. The molecule has 0 bridgehead atoms. The number of hydrogen-bond donors (Lipinski definition) is 2. The first-order valence-electron chi connectivity index (χ1n) is 6.77. The molecule has 1 saturated carbocycles. The fraction of sp³-hybridized carbons (Fsp3) is 0.533. The summed E-state index contributed by atoms with van der Waals surface area (Å²) in [5.41, 5.74) is -0.256. The fourth-order valence-electron chi connectivity index (χ4n) is 2.86. The van der Waals surface area contributed by atoms with Gasteiger partial charge in [0.2, 0.25) is 0 Å². The van der Waals surface area contributed by atoms with Gasteiger partial charge in [0, 0.05) is 6.04 Å². The molecule has 0 aliphatic heterocycles. The van der Waals surface area contributed by atoms with Crippen molar-refractivity contribution in [3.05, 3.63) is 29.6 Å². The first kappa shape index (κ1) is 13.8. The van der Waals surface area contributed by atoms with Crippen molar-refractivity contribution in [3.63, 3.8) is 0 Å². The summed E-state index contributed by atoms with van der Waals surface area (Å²) in [4.78, 5) is 12.1. The minimum atomic E-state index is -0.686. The van der Waals surface area contributed by atoms with Crippen molar-refractivity contribution < 1.29 is 14.3 Å². The number of phenolic OH excluding ortho intramolecular Hbond substituents is 1. The van der Waals surface area contributed by atoms with E-state index in [-0.39, 0.29) is 17.4 Å². The lowest BCUT2D eigenvalue weighted by Gasteiger charge is -2.33. The standard InChI is InChI=1S/C15H20FNO2/c1-9-6-7-12(10(2)8-9)17-15(19)14-11(16)4-3-5-13(14)18/h3-5,9-10,12,18H,6-8H2,1-2H3,(H,17,19). The van der Waals surface area contributed by atoms with Crippen molar-refractivity contribution in [3.8, 4) is 5.75 Å². The van der Waals surface area contributed by atoms with Crippen LogP contribution in [0.3, 0.4) is 0 Å². The van der Waals surface area contributed by atoms with Gasteiger partial charge in [0.25, 0.3) is 5.91 Å². The van der Waals surface area contributed by atoms with Crippen LogP contribution < -0.4 is 5.32 Å². The number of hydrogen-bond acceptors (Lipinski definition) is 2. The van der Waals surface area contributed by atoms with E-state index in [4.69, 9.17) is 0 Å². The maximum absolute atomic E-state index is 13.6. The van der Waals surface area contributed by atoms with Gasteiger partial charge in [-0.05, 0) is 43.2 Å². The summed E-state index contributed by atoms with van der Waals surface area (Å²) in [5, 5.41) is 12.4. The molecule has 0 radical (unpaired) electrons. The van der Waals surface area contributed by atoms with Crippen molar-refractivity contribution in [1.29, 1.82) is 0 Å². The highest BCUT2D eigenvalue weighted by atomic mass is 19.1. The Hall–Kier alpha value is -1.58. The van der Waals surface area contributed by atoms with E-state index in [1.54, 1.807) is 0 Å². The van der Waals surface area contributed by atoms with Crippen molar-refractivity contribution in [1.82, 2.24) is 5.32 Å². The minimum Gasteiger partial charge on any atom is -0.507 e. The number of nitrogens with one attached hydrogen (secondary N) is 1. The van der Waals surface area contributed by atoms with Crippen LogP contribution in [0.15, 0.2) is 18.2 Å². The highest BCUT2D eigenvalue weighted by Crippen LogP contribution is 2.29. The van der Waals surface area contributed by atoms with Crippen molar-refractivity contribution in [2.24, 2.45) is 11.8 Å². The lowest BCUT2D eigenvalue weighted by Crippen LogP contribution is -2.42. The third-order valence-electron chi connectivity index (χ3n) is 3.97. The Morgan fingerprint density at radius 3 is 2.74 bits per heavy atom. The van der Waals surface area contributed by atoms with Crippen LogP contribution in [-0.4, -0.2) is 17.1 Å². The molecule has 1 fully saturated rings. The van der Waals surface area contributed by atoms with E-state index in [9.17, 15) is 14.3 Å². The summed E-state index contributed by atoms with van der Waals surface area (Å²) in [7, 11) is 0. The Bertz CT molecular complexity index is 455. The van der Waals surface area contributed by atoms with Crippen LogP contribution in [-0.2, 0) is 0 Å². The molecule has 0 saturated heterocycles. The van der Waals surface area contributed by atoms with Crippen molar-refractivity contribution in [2.75, 3.05) is 0 Å². The van der Waals surface area contributed by atoms with Gasteiger partial charge in [0.15, 0.2) is 0 Å². The van der Waals surface area contributed by atoms with Crippen LogP contribution in [0.2, 0.25) is 0 Å². The second-order valence-electron chi connectivity index (χ2n) is 5.61. The van der Waals surface area contributed by atoms with Gasteiger partial charge in [-0.1, -0.05) is 19.9 Å². The van der Waals surface area contributed by atoms with Gasteiger partial charge in [-0.3, -0.25) is 4.79 Å². The average molecular weight is 265 g/mol. The predicted molar refractivity (Wildman–Crippen MR) is 71.5 cm³/mol. The van der Waals surface area contributed by atoms with Crippen LogP contribution in [0.4, 0.5) is 4.39 Å². The summed E-state index contributed by atoms with van der Waals surface area (Å²) < 4.78 is 13.6. The molecule has 1 aromatic carbocycles. The third-order valence-corrected chi connectivity index (χ3v) is 3.97. The van der Waals surface area contributed by atoms with E-state index in [0.717, 1.165) is 19.3 Å². The van der Waals surface area contributed by atoms with Gasteiger partial charge < -0.3 is 10.4 Å². The molecule has 1 aliphatic rings. The number of rotatable bonds is 2. The zero-order chi connectivity index (χ0) is 14.0. The summed E-state index contributed by atoms with van der Waals surface area (Å²) >= 11 is 0. The molecule has 2 rings (SSSR count). The van der Waals surface area contributed by atoms with Crippen molar-refractivity contribution in [2.45, 2.75) is 39.2 Å². The topological polar surface area (TPSA) is 49.3 Å². The number of halogens is 1. The number of carbonyl (C=O) groups is 1. The minimum absolute atomic E-state index is 0.0581. The molecule has 0 heterocycles. The average Bonchev–Trinajstić information content (AvgIpc) is 2.32. The van der Waals surface area contributed by atoms with Gasteiger partial charge in [-0.15, -0.1) is 0 Å². The van der Waals surface area contributed by atoms with E-state index in [2.05, 4.69) is 19.2 Å². The zero-order valence-corrected chi connectivity index (χ0v) is 11.3. The Kier molecular flexibility index (Phi) is 4.08. The van der Waals surface area contributed by atoms with Crippen LogP contribution in [0.1, 0.15) is 43.5 Å². The summed E-state index contributed by atoms with van der Waals surface area (Å²) in [6.45, 7) is 4.30. The first-order valence-corrected chi connectivity index (χ1v) is 6.77. The third kappa shape index (κ3) is 3.06. The van der Waals surface area contributed by atoms with Crippen LogP contribution in [0.25, 0.3) is 0 Å². The Morgan fingerprint density at radius 1 is 1.37 bits per heavy atom. The highest BCUT2D eigenvalue weighted by molar-refractivity contribution is 5.97. The molecule has 2 N–H and O–H groups in total. The highest BCUT2D eigenvalue weighted by Gasteiger charge is 2.28. The van der Waals surface area contributed by atoms with Gasteiger partial charge in [0.05, 0.1) is 0 Å². The second kappa shape index (κ2) is 5.59.